The minimum absolute atomic E-state index is 0.0943. The van der Waals surface area contributed by atoms with Crippen LogP contribution in [0.1, 0.15) is 18.9 Å². The molecule has 2 atom stereocenters. The molecule has 4 nitrogen and oxygen atoms in total. The van der Waals surface area contributed by atoms with Crippen molar-refractivity contribution in [3.05, 3.63) is 23.9 Å². The minimum Gasteiger partial charge on any atom is -0.384 e. The molecule has 1 saturated carbocycles. The predicted molar refractivity (Wildman–Crippen MR) is 65.8 cm³/mol. The first kappa shape index (κ1) is 10.9. The summed E-state index contributed by atoms with van der Waals surface area (Å²) in [5.41, 5.74) is 6.19. The monoisotopic (exact) mass is 218 g/mol. The number of nitrogens with two attached hydrogens (primary N) is 1. The molecule has 16 heavy (non-hydrogen) atoms. The Hall–Kier alpha value is -1.58. The Balaban J connectivity index is 2.07. The lowest BCUT2D eigenvalue weighted by molar-refractivity contribution is 0.719. The molecular formula is C12H18N4. The molecule has 0 radical (unpaired) electrons. The van der Waals surface area contributed by atoms with Gasteiger partial charge in [0.25, 0.3) is 0 Å². The molecule has 2 rings (SSSR count). The van der Waals surface area contributed by atoms with Gasteiger partial charge in [0.1, 0.15) is 11.7 Å². The van der Waals surface area contributed by atoms with Crippen LogP contribution >= 0.6 is 0 Å². The van der Waals surface area contributed by atoms with Gasteiger partial charge in [-0.2, -0.15) is 0 Å². The van der Waals surface area contributed by atoms with E-state index in [4.69, 9.17) is 11.1 Å². The highest BCUT2D eigenvalue weighted by Crippen LogP contribution is 2.38. The van der Waals surface area contributed by atoms with Gasteiger partial charge in [-0.1, -0.05) is 6.92 Å². The summed E-state index contributed by atoms with van der Waals surface area (Å²) in [6, 6.07) is 3.63. The van der Waals surface area contributed by atoms with Crippen LogP contribution in [0, 0.1) is 17.2 Å². The van der Waals surface area contributed by atoms with Crippen molar-refractivity contribution in [2.45, 2.75) is 13.3 Å². The van der Waals surface area contributed by atoms with Gasteiger partial charge >= 0.3 is 0 Å². The topological polar surface area (TPSA) is 66.0 Å². The van der Waals surface area contributed by atoms with Gasteiger partial charge in [0.2, 0.25) is 0 Å². The lowest BCUT2D eigenvalue weighted by atomic mass is 10.2. The average molecular weight is 218 g/mol. The highest BCUT2D eigenvalue weighted by molar-refractivity contribution is 5.95. The second-order valence-electron chi connectivity index (χ2n) is 4.67. The number of pyridine rings is 1. The normalized spacial score (nSPS) is 22.9. The number of hydrogen-bond donors (Lipinski definition) is 2. The fourth-order valence-electron chi connectivity index (χ4n) is 1.89. The summed E-state index contributed by atoms with van der Waals surface area (Å²) >= 11 is 0. The van der Waals surface area contributed by atoms with Gasteiger partial charge in [-0.05, 0) is 30.4 Å². The van der Waals surface area contributed by atoms with E-state index < -0.39 is 0 Å². The van der Waals surface area contributed by atoms with Crippen LogP contribution in [0.5, 0.6) is 0 Å². The summed E-state index contributed by atoms with van der Waals surface area (Å²) in [4.78, 5) is 6.44. The number of rotatable bonds is 4. The Bertz CT molecular complexity index is 402. The van der Waals surface area contributed by atoms with Crippen molar-refractivity contribution >= 4 is 11.7 Å². The van der Waals surface area contributed by atoms with E-state index in [1.807, 2.05) is 13.1 Å². The van der Waals surface area contributed by atoms with Gasteiger partial charge in [-0.3, -0.25) is 5.41 Å². The summed E-state index contributed by atoms with van der Waals surface area (Å²) < 4.78 is 0. The summed E-state index contributed by atoms with van der Waals surface area (Å²) in [6.45, 7) is 3.31. The van der Waals surface area contributed by atoms with Crippen LogP contribution in [0.3, 0.4) is 0 Å². The van der Waals surface area contributed by atoms with Gasteiger partial charge in [0.05, 0.1) is 0 Å². The lowest BCUT2D eigenvalue weighted by Crippen LogP contribution is -2.22. The molecule has 1 aliphatic rings. The molecule has 0 spiro atoms. The zero-order chi connectivity index (χ0) is 11.7. The molecule has 1 aromatic rings. The highest BCUT2D eigenvalue weighted by Gasteiger charge is 2.33. The molecule has 0 aliphatic heterocycles. The number of hydrogen-bond acceptors (Lipinski definition) is 3. The largest absolute Gasteiger partial charge is 0.384 e. The van der Waals surface area contributed by atoms with Crippen LogP contribution in [0.4, 0.5) is 5.82 Å². The average Bonchev–Trinajstić information content (AvgIpc) is 2.94. The van der Waals surface area contributed by atoms with Crippen LogP contribution in [-0.4, -0.2) is 24.4 Å². The number of nitrogens with zero attached hydrogens (tertiary/aromatic N) is 2. The van der Waals surface area contributed by atoms with E-state index in [0.29, 0.717) is 0 Å². The first-order valence-electron chi connectivity index (χ1n) is 5.59. The molecule has 2 unspecified atom stereocenters. The van der Waals surface area contributed by atoms with Crippen LogP contribution in [0.2, 0.25) is 0 Å². The summed E-state index contributed by atoms with van der Waals surface area (Å²) in [5.74, 6) is 2.63. The van der Waals surface area contributed by atoms with Crippen molar-refractivity contribution < 1.29 is 0 Å². The van der Waals surface area contributed by atoms with Crippen LogP contribution < -0.4 is 10.6 Å². The molecule has 1 aromatic heterocycles. The van der Waals surface area contributed by atoms with E-state index >= 15 is 0 Å². The van der Waals surface area contributed by atoms with E-state index in [-0.39, 0.29) is 5.84 Å². The SMILES string of the molecule is CC1CC1CN(C)c1cc(C(=N)N)ccn1. The fraction of sp³-hybridized carbons (Fsp3) is 0.500. The number of nitrogens with one attached hydrogen (secondary N) is 1. The summed E-state index contributed by atoms with van der Waals surface area (Å²) in [5, 5.41) is 7.39. The molecule has 86 valence electrons. The second-order valence-corrected chi connectivity index (χ2v) is 4.67. The highest BCUT2D eigenvalue weighted by atomic mass is 15.2. The van der Waals surface area contributed by atoms with E-state index in [9.17, 15) is 0 Å². The van der Waals surface area contributed by atoms with Gasteiger partial charge in [-0.25, -0.2) is 4.98 Å². The third-order valence-corrected chi connectivity index (χ3v) is 3.23. The Kier molecular flexibility index (Phi) is 2.81. The fourth-order valence-corrected chi connectivity index (χ4v) is 1.89. The van der Waals surface area contributed by atoms with Crippen molar-refractivity contribution in [1.82, 2.24) is 4.98 Å². The first-order valence-corrected chi connectivity index (χ1v) is 5.59. The van der Waals surface area contributed by atoms with E-state index in [1.165, 1.54) is 6.42 Å². The third-order valence-electron chi connectivity index (χ3n) is 3.23. The maximum absolute atomic E-state index is 7.39. The van der Waals surface area contributed by atoms with Crippen LogP contribution in [-0.2, 0) is 0 Å². The van der Waals surface area contributed by atoms with Crippen molar-refractivity contribution in [3.8, 4) is 0 Å². The standard InChI is InChI=1S/C12H18N4/c1-8-5-10(8)7-16(2)11-6-9(12(13)14)3-4-15-11/h3-4,6,8,10H,5,7H2,1-2H3,(H3,13,14). The molecule has 3 N–H and O–H groups in total. The summed E-state index contributed by atoms with van der Waals surface area (Å²) in [7, 11) is 2.04. The zero-order valence-electron chi connectivity index (χ0n) is 9.77. The van der Waals surface area contributed by atoms with Gasteiger partial charge in [0, 0.05) is 25.4 Å². The Morgan fingerprint density at radius 1 is 1.69 bits per heavy atom. The predicted octanol–water partition coefficient (Wildman–Crippen LogP) is 1.46. The zero-order valence-corrected chi connectivity index (χ0v) is 9.77. The van der Waals surface area contributed by atoms with Crippen LogP contribution in [0.15, 0.2) is 18.3 Å². The quantitative estimate of drug-likeness (QED) is 0.594. The van der Waals surface area contributed by atoms with Crippen molar-refractivity contribution in [3.63, 3.8) is 0 Å². The Morgan fingerprint density at radius 3 is 2.94 bits per heavy atom. The molecule has 1 heterocycles. The molecule has 4 heteroatoms. The number of nitrogen functional groups attached to an aromatic ring is 1. The lowest BCUT2D eigenvalue weighted by Gasteiger charge is -2.18. The van der Waals surface area contributed by atoms with Crippen LogP contribution in [0.25, 0.3) is 0 Å². The minimum atomic E-state index is 0.0943. The maximum atomic E-state index is 7.39. The van der Waals surface area contributed by atoms with Gasteiger partial charge < -0.3 is 10.6 Å². The molecular weight excluding hydrogens is 200 g/mol. The third kappa shape index (κ3) is 2.32. The molecule has 1 aliphatic carbocycles. The molecule has 1 fully saturated rings. The van der Waals surface area contributed by atoms with E-state index in [2.05, 4.69) is 16.8 Å². The first-order chi connectivity index (χ1) is 7.58. The summed E-state index contributed by atoms with van der Waals surface area (Å²) in [6.07, 6.45) is 3.02. The molecule has 0 amide bonds. The number of amidine groups is 1. The number of aromatic nitrogens is 1. The Morgan fingerprint density at radius 2 is 2.38 bits per heavy atom. The second kappa shape index (κ2) is 4.12. The molecule has 0 saturated heterocycles. The maximum Gasteiger partial charge on any atom is 0.128 e. The molecule has 0 bridgehead atoms. The Labute approximate surface area is 96.0 Å². The van der Waals surface area contributed by atoms with Crippen molar-refractivity contribution in [2.24, 2.45) is 17.6 Å². The number of anilines is 1. The smallest absolute Gasteiger partial charge is 0.128 e. The molecule has 0 aromatic carbocycles. The van der Waals surface area contributed by atoms with Gasteiger partial charge in [-0.15, -0.1) is 0 Å². The van der Waals surface area contributed by atoms with Crippen molar-refractivity contribution in [2.75, 3.05) is 18.5 Å². The van der Waals surface area contributed by atoms with E-state index in [0.717, 1.165) is 29.8 Å². The van der Waals surface area contributed by atoms with Gasteiger partial charge in [0.15, 0.2) is 0 Å². The van der Waals surface area contributed by atoms with E-state index in [1.54, 1.807) is 12.3 Å². The van der Waals surface area contributed by atoms with Crippen molar-refractivity contribution in [1.29, 1.82) is 5.41 Å².